The molecule has 0 radical (unpaired) electrons. The minimum atomic E-state index is 0.693. The Labute approximate surface area is 104 Å². The fraction of sp³-hybridized carbons (Fsp3) is 0.364. The van der Waals surface area contributed by atoms with Crippen LogP contribution in [0.5, 0.6) is 0 Å². The molecule has 5 nitrogen and oxygen atoms in total. The molecule has 0 aliphatic heterocycles. The summed E-state index contributed by atoms with van der Waals surface area (Å²) in [6.07, 6.45) is 0. The Morgan fingerprint density at radius 2 is 1.94 bits per heavy atom. The SMILES string of the molecule is CNc1cc(NCc2nc(C)cs2)nc(C)n1. The Bertz CT molecular complexity index is 508. The van der Waals surface area contributed by atoms with Crippen molar-refractivity contribution >= 4 is 23.0 Å². The molecule has 2 rings (SSSR count). The van der Waals surface area contributed by atoms with Gasteiger partial charge in [0.25, 0.3) is 0 Å². The second kappa shape index (κ2) is 5.09. The van der Waals surface area contributed by atoms with Crippen molar-refractivity contribution in [2.45, 2.75) is 20.4 Å². The van der Waals surface area contributed by atoms with Crippen molar-refractivity contribution in [1.29, 1.82) is 0 Å². The van der Waals surface area contributed by atoms with Crippen LogP contribution in [0.25, 0.3) is 0 Å². The van der Waals surface area contributed by atoms with Crippen molar-refractivity contribution < 1.29 is 0 Å². The average molecular weight is 249 g/mol. The van der Waals surface area contributed by atoms with E-state index in [9.17, 15) is 0 Å². The smallest absolute Gasteiger partial charge is 0.132 e. The zero-order chi connectivity index (χ0) is 12.3. The van der Waals surface area contributed by atoms with Crippen LogP contribution < -0.4 is 10.6 Å². The van der Waals surface area contributed by atoms with Crippen LogP contribution in [0.1, 0.15) is 16.5 Å². The predicted molar refractivity (Wildman–Crippen MR) is 70.5 cm³/mol. The molecule has 2 N–H and O–H groups in total. The minimum Gasteiger partial charge on any atom is -0.373 e. The van der Waals surface area contributed by atoms with E-state index in [1.807, 2.05) is 32.3 Å². The van der Waals surface area contributed by atoms with E-state index >= 15 is 0 Å². The maximum absolute atomic E-state index is 4.39. The van der Waals surface area contributed by atoms with Crippen molar-refractivity contribution in [3.05, 3.63) is 28.0 Å². The van der Waals surface area contributed by atoms with E-state index < -0.39 is 0 Å². The summed E-state index contributed by atoms with van der Waals surface area (Å²) in [6, 6.07) is 1.88. The first-order valence-corrected chi connectivity index (χ1v) is 6.23. The Morgan fingerprint density at radius 3 is 2.59 bits per heavy atom. The Balaban J connectivity index is 2.05. The van der Waals surface area contributed by atoms with Gasteiger partial charge < -0.3 is 10.6 Å². The van der Waals surface area contributed by atoms with Gasteiger partial charge in [0.1, 0.15) is 22.5 Å². The number of nitrogens with one attached hydrogen (secondary N) is 2. The van der Waals surface area contributed by atoms with E-state index in [0.29, 0.717) is 6.54 Å². The molecule has 0 aliphatic rings. The van der Waals surface area contributed by atoms with E-state index in [2.05, 4.69) is 25.6 Å². The van der Waals surface area contributed by atoms with Crippen molar-refractivity contribution in [1.82, 2.24) is 15.0 Å². The summed E-state index contributed by atoms with van der Waals surface area (Å²) in [4.78, 5) is 12.9. The molecule has 0 amide bonds. The first-order valence-electron chi connectivity index (χ1n) is 5.35. The molecular formula is C11H15N5S. The topological polar surface area (TPSA) is 62.7 Å². The van der Waals surface area contributed by atoms with Crippen LogP contribution in [0.4, 0.5) is 11.6 Å². The highest BCUT2D eigenvalue weighted by atomic mass is 32.1. The fourth-order valence-electron chi connectivity index (χ4n) is 1.44. The molecular weight excluding hydrogens is 234 g/mol. The second-order valence-corrected chi connectivity index (χ2v) is 4.61. The summed E-state index contributed by atoms with van der Waals surface area (Å²) in [5, 5.41) is 9.36. The highest BCUT2D eigenvalue weighted by Gasteiger charge is 2.02. The molecule has 0 saturated heterocycles. The van der Waals surface area contributed by atoms with Gasteiger partial charge in [-0.2, -0.15) is 0 Å². The van der Waals surface area contributed by atoms with E-state index in [0.717, 1.165) is 28.2 Å². The number of aromatic nitrogens is 3. The van der Waals surface area contributed by atoms with Crippen LogP contribution in [0, 0.1) is 13.8 Å². The minimum absolute atomic E-state index is 0.693. The van der Waals surface area contributed by atoms with Crippen LogP contribution in [0.15, 0.2) is 11.4 Å². The van der Waals surface area contributed by atoms with Gasteiger partial charge in [-0.25, -0.2) is 15.0 Å². The lowest BCUT2D eigenvalue weighted by Gasteiger charge is -2.06. The summed E-state index contributed by atoms with van der Waals surface area (Å²) in [7, 11) is 1.84. The van der Waals surface area contributed by atoms with Crippen LogP contribution >= 0.6 is 11.3 Å². The number of aryl methyl sites for hydroxylation is 2. The normalized spacial score (nSPS) is 10.3. The molecule has 90 valence electrons. The van der Waals surface area contributed by atoms with Crippen LogP contribution in [0.3, 0.4) is 0 Å². The van der Waals surface area contributed by atoms with E-state index in [-0.39, 0.29) is 0 Å². The van der Waals surface area contributed by atoms with Crippen molar-refractivity contribution in [2.75, 3.05) is 17.7 Å². The lowest BCUT2D eigenvalue weighted by molar-refractivity contribution is 1.01. The summed E-state index contributed by atoms with van der Waals surface area (Å²) in [5.41, 5.74) is 1.06. The first kappa shape index (κ1) is 11.8. The molecule has 6 heteroatoms. The molecule has 0 spiro atoms. The third kappa shape index (κ3) is 3.13. The highest BCUT2D eigenvalue weighted by Crippen LogP contribution is 2.13. The van der Waals surface area contributed by atoms with Gasteiger partial charge in [-0.3, -0.25) is 0 Å². The van der Waals surface area contributed by atoms with Gasteiger partial charge in [-0.1, -0.05) is 0 Å². The third-order valence-electron chi connectivity index (χ3n) is 2.18. The van der Waals surface area contributed by atoms with Crippen molar-refractivity contribution in [3.8, 4) is 0 Å². The largest absolute Gasteiger partial charge is 0.373 e. The predicted octanol–water partition coefficient (Wildman–Crippen LogP) is 2.20. The number of rotatable bonds is 4. The zero-order valence-corrected chi connectivity index (χ0v) is 10.9. The van der Waals surface area contributed by atoms with Gasteiger partial charge in [0, 0.05) is 24.2 Å². The summed E-state index contributed by atoms with van der Waals surface area (Å²) >= 11 is 1.65. The zero-order valence-electron chi connectivity index (χ0n) is 10.1. The van der Waals surface area contributed by atoms with Gasteiger partial charge in [0.05, 0.1) is 6.54 Å². The van der Waals surface area contributed by atoms with Gasteiger partial charge in [-0.05, 0) is 13.8 Å². The molecule has 0 saturated carbocycles. The van der Waals surface area contributed by atoms with Gasteiger partial charge in [0.2, 0.25) is 0 Å². The number of thiazole rings is 1. The second-order valence-electron chi connectivity index (χ2n) is 3.67. The Kier molecular flexibility index (Phi) is 3.53. The fourth-order valence-corrected chi connectivity index (χ4v) is 2.15. The van der Waals surface area contributed by atoms with Crippen molar-refractivity contribution in [3.63, 3.8) is 0 Å². The average Bonchev–Trinajstić information content (AvgIpc) is 2.72. The summed E-state index contributed by atoms with van der Waals surface area (Å²) in [6.45, 7) is 4.56. The van der Waals surface area contributed by atoms with E-state index in [1.165, 1.54) is 0 Å². The molecule has 0 atom stereocenters. The molecule has 0 fully saturated rings. The van der Waals surface area contributed by atoms with E-state index in [4.69, 9.17) is 0 Å². The quantitative estimate of drug-likeness (QED) is 0.869. The first-order chi connectivity index (χ1) is 8.17. The monoisotopic (exact) mass is 249 g/mol. The molecule has 17 heavy (non-hydrogen) atoms. The summed E-state index contributed by atoms with van der Waals surface area (Å²) < 4.78 is 0. The number of hydrogen-bond acceptors (Lipinski definition) is 6. The van der Waals surface area contributed by atoms with Gasteiger partial charge >= 0.3 is 0 Å². The Hall–Kier alpha value is -1.69. The standard InChI is InChI=1S/C11H15N5S/c1-7-6-17-11(14-7)5-13-10-4-9(12-3)15-8(2)16-10/h4,6H,5H2,1-3H3,(H2,12,13,15,16). The molecule has 2 aromatic heterocycles. The number of hydrogen-bond donors (Lipinski definition) is 2. The highest BCUT2D eigenvalue weighted by molar-refractivity contribution is 7.09. The van der Waals surface area contributed by atoms with Crippen LogP contribution in [-0.4, -0.2) is 22.0 Å². The van der Waals surface area contributed by atoms with Gasteiger partial charge in [0.15, 0.2) is 0 Å². The molecule has 2 aromatic rings. The lowest BCUT2D eigenvalue weighted by Crippen LogP contribution is -2.04. The van der Waals surface area contributed by atoms with E-state index in [1.54, 1.807) is 11.3 Å². The maximum Gasteiger partial charge on any atom is 0.132 e. The van der Waals surface area contributed by atoms with Crippen molar-refractivity contribution in [2.24, 2.45) is 0 Å². The Morgan fingerprint density at radius 1 is 1.18 bits per heavy atom. The summed E-state index contributed by atoms with van der Waals surface area (Å²) in [5.74, 6) is 2.37. The molecule has 0 unspecified atom stereocenters. The van der Waals surface area contributed by atoms with Crippen LogP contribution in [-0.2, 0) is 6.54 Å². The molecule has 0 aliphatic carbocycles. The number of anilines is 2. The number of nitrogens with zero attached hydrogens (tertiary/aromatic N) is 3. The van der Waals surface area contributed by atoms with Gasteiger partial charge in [-0.15, -0.1) is 11.3 Å². The molecule has 0 aromatic carbocycles. The molecule has 2 heterocycles. The lowest BCUT2D eigenvalue weighted by atomic mass is 10.4. The van der Waals surface area contributed by atoms with Crippen LogP contribution in [0.2, 0.25) is 0 Å². The third-order valence-corrected chi connectivity index (χ3v) is 3.15. The molecule has 0 bridgehead atoms. The maximum atomic E-state index is 4.39.